The van der Waals surface area contributed by atoms with Crippen molar-refractivity contribution in [3.05, 3.63) is 0 Å². The molecule has 2 aliphatic rings. The van der Waals surface area contributed by atoms with Gasteiger partial charge in [-0.2, -0.15) is 0 Å². The molecule has 0 aromatic rings. The Balaban J connectivity index is 1.70. The fourth-order valence-corrected chi connectivity index (χ4v) is 4.36. The van der Waals surface area contributed by atoms with Crippen molar-refractivity contribution in [3.63, 3.8) is 0 Å². The van der Waals surface area contributed by atoms with Crippen LogP contribution in [0.25, 0.3) is 0 Å². The van der Waals surface area contributed by atoms with Crippen LogP contribution in [0.5, 0.6) is 0 Å². The SMILES string of the molecule is C[C@H]1[C@H](C)CCC[C@@H]1NC(=O)CCC(=O)N[C@@H]1CCC[C@H](C)[C@@H]1C. The minimum Gasteiger partial charge on any atom is -0.353 e. The topological polar surface area (TPSA) is 58.2 Å². The second-order valence-corrected chi connectivity index (χ2v) is 8.38. The summed E-state index contributed by atoms with van der Waals surface area (Å²) in [5.74, 6) is 2.45. The molecule has 2 rings (SSSR count). The van der Waals surface area contributed by atoms with Crippen LogP contribution >= 0.6 is 0 Å². The van der Waals surface area contributed by atoms with Crippen LogP contribution in [0.2, 0.25) is 0 Å². The van der Waals surface area contributed by atoms with Crippen molar-refractivity contribution in [2.24, 2.45) is 23.7 Å². The Morgan fingerprint density at radius 1 is 0.708 bits per heavy atom. The fraction of sp³-hybridized carbons (Fsp3) is 0.900. The van der Waals surface area contributed by atoms with E-state index in [1.165, 1.54) is 25.7 Å². The number of carbonyl (C=O) groups is 2. The summed E-state index contributed by atoms with van der Waals surface area (Å²) >= 11 is 0. The van der Waals surface area contributed by atoms with E-state index in [-0.39, 0.29) is 23.9 Å². The molecule has 0 heterocycles. The van der Waals surface area contributed by atoms with E-state index < -0.39 is 0 Å². The predicted octanol–water partition coefficient (Wildman–Crippen LogP) is 3.65. The van der Waals surface area contributed by atoms with Gasteiger partial charge in [0.2, 0.25) is 11.8 Å². The molecule has 0 bridgehead atoms. The van der Waals surface area contributed by atoms with Crippen LogP contribution in [0.1, 0.15) is 79.1 Å². The Hall–Kier alpha value is -1.06. The lowest BCUT2D eigenvalue weighted by atomic mass is 9.78. The summed E-state index contributed by atoms with van der Waals surface area (Å²) in [5.41, 5.74) is 0. The molecule has 2 aliphatic carbocycles. The van der Waals surface area contributed by atoms with Gasteiger partial charge in [-0.1, -0.05) is 53.4 Å². The maximum absolute atomic E-state index is 12.2. The van der Waals surface area contributed by atoms with E-state index in [2.05, 4.69) is 38.3 Å². The van der Waals surface area contributed by atoms with Crippen LogP contribution in [0.3, 0.4) is 0 Å². The minimum absolute atomic E-state index is 0.0289. The molecule has 4 heteroatoms. The maximum Gasteiger partial charge on any atom is 0.220 e. The van der Waals surface area contributed by atoms with Gasteiger partial charge in [0.05, 0.1) is 0 Å². The first-order valence-electron chi connectivity index (χ1n) is 9.97. The first-order chi connectivity index (χ1) is 11.4. The second kappa shape index (κ2) is 8.87. The highest BCUT2D eigenvalue weighted by atomic mass is 16.2. The maximum atomic E-state index is 12.2. The quantitative estimate of drug-likeness (QED) is 0.805. The monoisotopic (exact) mass is 336 g/mol. The van der Waals surface area contributed by atoms with E-state index in [0.29, 0.717) is 36.5 Å². The molecule has 24 heavy (non-hydrogen) atoms. The third kappa shape index (κ3) is 5.22. The van der Waals surface area contributed by atoms with Crippen molar-refractivity contribution < 1.29 is 9.59 Å². The largest absolute Gasteiger partial charge is 0.353 e. The molecule has 4 nitrogen and oxygen atoms in total. The molecule has 6 atom stereocenters. The van der Waals surface area contributed by atoms with Gasteiger partial charge in [-0.15, -0.1) is 0 Å². The van der Waals surface area contributed by atoms with Crippen molar-refractivity contribution in [2.45, 2.75) is 91.1 Å². The molecule has 2 N–H and O–H groups in total. The third-order valence-corrected chi connectivity index (χ3v) is 6.69. The Morgan fingerprint density at radius 2 is 1.08 bits per heavy atom. The first kappa shape index (κ1) is 19.3. The zero-order chi connectivity index (χ0) is 17.7. The zero-order valence-electron chi connectivity index (χ0n) is 15.9. The summed E-state index contributed by atoms with van der Waals surface area (Å²) in [6, 6.07) is 0.562. The van der Waals surface area contributed by atoms with Crippen molar-refractivity contribution in [3.8, 4) is 0 Å². The van der Waals surface area contributed by atoms with Gasteiger partial charge in [-0.25, -0.2) is 0 Å². The molecular weight excluding hydrogens is 300 g/mol. The zero-order valence-corrected chi connectivity index (χ0v) is 15.9. The van der Waals surface area contributed by atoms with Crippen LogP contribution in [0.15, 0.2) is 0 Å². The van der Waals surface area contributed by atoms with E-state index in [1.54, 1.807) is 0 Å². The van der Waals surface area contributed by atoms with Crippen LogP contribution in [0.4, 0.5) is 0 Å². The summed E-state index contributed by atoms with van der Waals surface area (Å²) in [7, 11) is 0. The van der Waals surface area contributed by atoms with Crippen LogP contribution in [-0.4, -0.2) is 23.9 Å². The van der Waals surface area contributed by atoms with Gasteiger partial charge in [0, 0.05) is 24.9 Å². The Kier molecular flexibility index (Phi) is 7.12. The minimum atomic E-state index is 0.0289. The van der Waals surface area contributed by atoms with Crippen LogP contribution in [0, 0.1) is 23.7 Å². The lowest BCUT2D eigenvalue weighted by Gasteiger charge is -2.35. The highest BCUT2D eigenvalue weighted by molar-refractivity contribution is 5.84. The number of amides is 2. The van der Waals surface area contributed by atoms with E-state index in [0.717, 1.165) is 12.8 Å². The highest BCUT2D eigenvalue weighted by Gasteiger charge is 2.29. The van der Waals surface area contributed by atoms with Gasteiger partial charge in [-0.05, 0) is 36.5 Å². The van der Waals surface area contributed by atoms with Crippen molar-refractivity contribution in [1.82, 2.24) is 10.6 Å². The smallest absolute Gasteiger partial charge is 0.220 e. The molecule has 2 fully saturated rings. The Bertz CT molecular complexity index is 397. The number of carbonyl (C=O) groups excluding carboxylic acids is 2. The number of nitrogens with one attached hydrogen (secondary N) is 2. The first-order valence-corrected chi connectivity index (χ1v) is 9.97. The number of rotatable bonds is 5. The van der Waals surface area contributed by atoms with E-state index in [1.807, 2.05) is 0 Å². The normalized spacial score (nSPS) is 36.8. The van der Waals surface area contributed by atoms with Gasteiger partial charge in [0.15, 0.2) is 0 Å². The standard InChI is InChI=1S/C20H36N2O2/c1-13-7-5-9-17(15(13)3)21-19(23)11-12-20(24)22-18-10-6-8-14(2)16(18)4/h13-18H,5-12H2,1-4H3,(H,21,23)(H,22,24)/t13-,14+,15-,16-,17+,18-/m0/s1. The molecule has 0 radical (unpaired) electrons. The molecular formula is C20H36N2O2. The van der Waals surface area contributed by atoms with Crippen LogP contribution < -0.4 is 10.6 Å². The van der Waals surface area contributed by atoms with Crippen molar-refractivity contribution >= 4 is 11.8 Å². The summed E-state index contributed by atoms with van der Waals surface area (Å²) < 4.78 is 0. The van der Waals surface area contributed by atoms with Gasteiger partial charge >= 0.3 is 0 Å². The lowest BCUT2D eigenvalue weighted by Crippen LogP contribution is -2.45. The molecule has 2 saturated carbocycles. The fourth-order valence-electron chi connectivity index (χ4n) is 4.36. The Labute approximate surface area is 147 Å². The third-order valence-electron chi connectivity index (χ3n) is 6.69. The number of hydrogen-bond donors (Lipinski definition) is 2. The molecule has 0 aromatic carbocycles. The van der Waals surface area contributed by atoms with Crippen LogP contribution in [-0.2, 0) is 9.59 Å². The lowest BCUT2D eigenvalue weighted by molar-refractivity contribution is -0.128. The predicted molar refractivity (Wildman–Crippen MR) is 97.5 cm³/mol. The van der Waals surface area contributed by atoms with Gasteiger partial charge < -0.3 is 10.6 Å². The van der Waals surface area contributed by atoms with Crippen molar-refractivity contribution in [2.75, 3.05) is 0 Å². The van der Waals surface area contributed by atoms with Crippen molar-refractivity contribution in [1.29, 1.82) is 0 Å². The summed E-state index contributed by atoms with van der Waals surface area (Å²) in [6.45, 7) is 8.99. The average Bonchev–Trinajstić information content (AvgIpc) is 2.54. The Morgan fingerprint density at radius 3 is 1.46 bits per heavy atom. The molecule has 0 spiro atoms. The average molecular weight is 337 g/mol. The summed E-state index contributed by atoms with van der Waals surface area (Å²) in [4.78, 5) is 24.4. The summed E-state index contributed by atoms with van der Waals surface area (Å²) in [6.07, 6.45) is 7.65. The molecule has 0 aliphatic heterocycles. The van der Waals surface area contributed by atoms with Gasteiger partial charge in [0.1, 0.15) is 0 Å². The highest BCUT2D eigenvalue weighted by Crippen LogP contribution is 2.30. The van der Waals surface area contributed by atoms with E-state index in [9.17, 15) is 9.59 Å². The molecule has 0 aromatic heterocycles. The molecule has 2 amide bonds. The van der Waals surface area contributed by atoms with E-state index >= 15 is 0 Å². The molecule has 0 saturated heterocycles. The molecule has 0 unspecified atom stereocenters. The van der Waals surface area contributed by atoms with E-state index in [4.69, 9.17) is 0 Å². The summed E-state index contributed by atoms with van der Waals surface area (Å²) in [5, 5.41) is 6.31. The van der Waals surface area contributed by atoms with Gasteiger partial charge in [-0.3, -0.25) is 9.59 Å². The number of hydrogen-bond acceptors (Lipinski definition) is 2. The van der Waals surface area contributed by atoms with Gasteiger partial charge in [0.25, 0.3) is 0 Å². The second-order valence-electron chi connectivity index (χ2n) is 8.38. The molecule has 138 valence electrons.